The van der Waals surface area contributed by atoms with Crippen molar-refractivity contribution in [3.05, 3.63) is 0 Å². The van der Waals surface area contributed by atoms with E-state index >= 15 is 0 Å². The van der Waals surface area contributed by atoms with Crippen LogP contribution in [-0.2, 0) is 0 Å². The maximum atomic E-state index is 3.68. The Morgan fingerprint density at radius 3 is 2.82 bits per heavy atom. The Morgan fingerprint density at radius 2 is 2.18 bits per heavy atom. The normalized spacial score (nSPS) is 26.6. The molecule has 1 aliphatic heterocycles. The first-order valence-electron chi connectivity index (χ1n) is 7.18. The second-order valence-corrected chi connectivity index (χ2v) is 7.02. The summed E-state index contributed by atoms with van der Waals surface area (Å²) in [5.74, 6) is 3.38. The second kappa shape index (κ2) is 8.39. The lowest BCUT2D eigenvalue weighted by molar-refractivity contribution is 0.132. The van der Waals surface area contributed by atoms with E-state index in [1.165, 1.54) is 37.4 Å². The molecule has 0 aromatic carbocycles. The van der Waals surface area contributed by atoms with Gasteiger partial charge in [0.1, 0.15) is 0 Å². The van der Waals surface area contributed by atoms with Crippen LogP contribution in [0, 0.1) is 5.92 Å². The smallest absolute Gasteiger partial charge is 0.0198 e. The zero-order chi connectivity index (χ0) is 12.7. The van der Waals surface area contributed by atoms with Gasteiger partial charge in [0.05, 0.1) is 0 Å². The van der Waals surface area contributed by atoms with Gasteiger partial charge in [-0.3, -0.25) is 4.90 Å². The monoisotopic (exact) mass is 258 g/mol. The van der Waals surface area contributed by atoms with Crippen molar-refractivity contribution in [2.24, 2.45) is 5.92 Å². The lowest BCUT2D eigenvalue weighted by Crippen LogP contribution is -2.55. The van der Waals surface area contributed by atoms with E-state index in [9.17, 15) is 0 Å². The van der Waals surface area contributed by atoms with Crippen LogP contribution in [0.4, 0.5) is 0 Å². The van der Waals surface area contributed by atoms with Crippen molar-refractivity contribution >= 4 is 11.8 Å². The lowest BCUT2D eigenvalue weighted by atomic mass is 10.00. The number of piperazine rings is 1. The van der Waals surface area contributed by atoms with Crippen LogP contribution in [0.15, 0.2) is 0 Å². The summed E-state index contributed by atoms with van der Waals surface area (Å²) in [6.45, 7) is 12.9. The van der Waals surface area contributed by atoms with Crippen molar-refractivity contribution < 1.29 is 0 Å². The van der Waals surface area contributed by atoms with E-state index in [0.29, 0.717) is 12.1 Å². The zero-order valence-corrected chi connectivity index (χ0v) is 12.9. The molecule has 102 valence electrons. The molecule has 2 atom stereocenters. The van der Waals surface area contributed by atoms with Gasteiger partial charge < -0.3 is 5.32 Å². The van der Waals surface area contributed by atoms with E-state index in [1.54, 1.807) is 0 Å². The SMILES string of the molecule is CCSCCCN1CC(CC(C)C)NCC1C. The number of nitrogens with zero attached hydrogens (tertiary/aromatic N) is 1. The number of thioether (sulfide) groups is 1. The van der Waals surface area contributed by atoms with Crippen molar-refractivity contribution in [2.45, 2.75) is 52.6 Å². The average Bonchev–Trinajstić information content (AvgIpc) is 2.28. The van der Waals surface area contributed by atoms with E-state index in [-0.39, 0.29) is 0 Å². The Morgan fingerprint density at radius 1 is 1.41 bits per heavy atom. The Hall–Kier alpha value is 0.270. The summed E-state index contributed by atoms with van der Waals surface area (Å²) in [5.41, 5.74) is 0. The third-order valence-corrected chi connectivity index (χ3v) is 4.46. The van der Waals surface area contributed by atoms with E-state index in [0.717, 1.165) is 12.5 Å². The van der Waals surface area contributed by atoms with Gasteiger partial charge in [-0.05, 0) is 43.7 Å². The molecule has 0 aromatic rings. The van der Waals surface area contributed by atoms with Crippen molar-refractivity contribution in [1.29, 1.82) is 0 Å². The molecule has 0 saturated carbocycles. The molecule has 1 aliphatic rings. The van der Waals surface area contributed by atoms with Crippen molar-refractivity contribution in [2.75, 3.05) is 31.1 Å². The van der Waals surface area contributed by atoms with Gasteiger partial charge in [-0.1, -0.05) is 20.8 Å². The minimum absolute atomic E-state index is 0.713. The Balaban J connectivity index is 2.25. The standard InChI is InChI=1S/C14H30N2S/c1-5-17-8-6-7-16-11-14(9-12(2)3)15-10-13(16)4/h12-15H,5-11H2,1-4H3. The summed E-state index contributed by atoms with van der Waals surface area (Å²) in [7, 11) is 0. The quantitative estimate of drug-likeness (QED) is 0.707. The van der Waals surface area contributed by atoms with Gasteiger partial charge in [0, 0.05) is 25.2 Å². The summed E-state index contributed by atoms with van der Waals surface area (Å²) in [6, 6.07) is 1.43. The molecular formula is C14H30N2S. The van der Waals surface area contributed by atoms with E-state index in [4.69, 9.17) is 0 Å². The fourth-order valence-electron chi connectivity index (χ4n) is 2.55. The second-order valence-electron chi connectivity index (χ2n) is 5.63. The topological polar surface area (TPSA) is 15.3 Å². The molecule has 1 N–H and O–H groups in total. The van der Waals surface area contributed by atoms with Crippen LogP contribution in [0.25, 0.3) is 0 Å². The molecule has 0 amide bonds. The van der Waals surface area contributed by atoms with Crippen LogP contribution in [0.1, 0.15) is 40.5 Å². The molecule has 1 saturated heterocycles. The molecule has 3 heteroatoms. The molecule has 1 rings (SSSR count). The predicted molar refractivity (Wildman–Crippen MR) is 79.9 cm³/mol. The van der Waals surface area contributed by atoms with Crippen molar-refractivity contribution in [3.8, 4) is 0 Å². The highest BCUT2D eigenvalue weighted by atomic mass is 32.2. The summed E-state index contributed by atoms with van der Waals surface area (Å²) >= 11 is 2.07. The lowest BCUT2D eigenvalue weighted by Gasteiger charge is -2.39. The fourth-order valence-corrected chi connectivity index (χ4v) is 3.17. The minimum atomic E-state index is 0.713. The summed E-state index contributed by atoms with van der Waals surface area (Å²) in [5, 5.41) is 3.68. The number of hydrogen-bond donors (Lipinski definition) is 1. The van der Waals surface area contributed by atoms with Crippen LogP contribution < -0.4 is 5.32 Å². The third kappa shape index (κ3) is 6.12. The maximum Gasteiger partial charge on any atom is 0.0198 e. The van der Waals surface area contributed by atoms with Gasteiger partial charge in [0.15, 0.2) is 0 Å². The first-order valence-corrected chi connectivity index (χ1v) is 8.34. The predicted octanol–water partition coefficient (Wildman–Crippen LogP) is 2.84. The van der Waals surface area contributed by atoms with Crippen LogP contribution in [-0.4, -0.2) is 48.1 Å². The molecule has 0 aliphatic carbocycles. The third-order valence-electron chi connectivity index (χ3n) is 3.47. The Kier molecular flexibility index (Phi) is 7.56. The van der Waals surface area contributed by atoms with E-state index < -0.39 is 0 Å². The number of hydrogen-bond acceptors (Lipinski definition) is 3. The van der Waals surface area contributed by atoms with Gasteiger partial charge in [-0.25, -0.2) is 0 Å². The molecule has 17 heavy (non-hydrogen) atoms. The Bertz CT molecular complexity index is 197. The molecule has 0 aromatic heterocycles. The van der Waals surface area contributed by atoms with Gasteiger partial charge in [0.2, 0.25) is 0 Å². The molecule has 2 nitrogen and oxygen atoms in total. The molecule has 1 fully saturated rings. The number of nitrogens with one attached hydrogen (secondary N) is 1. The van der Waals surface area contributed by atoms with Gasteiger partial charge in [-0.15, -0.1) is 0 Å². The molecule has 2 unspecified atom stereocenters. The highest BCUT2D eigenvalue weighted by Gasteiger charge is 2.24. The van der Waals surface area contributed by atoms with E-state index in [1.807, 2.05) is 0 Å². The zero-order valence-electron chi connectivity index (χ0n) is 12.0. The average molecular weight is 258 g/mol. The fraction of sp³-hybridized carbons (Fsp3) is 1.00. The summed E-state index contributed by atoms with van der Waals surface area (Å²) < 4.78 is 0. The van der Waals surface area contributed by atoms with Crippen molar-refractivity contribution in [1.82, 2.24) is 10.2 Å². The Labute approximate surface area is 112 Å². The molecule has 0 bridgehead atoms. The summed E-state index contributed by atoms with van der Waals surface area (Å²) in [4.78, 5) is 2.68. The molecular weight excluding hydrogens is 228 g/mol. The molecule has 0 spiro atoms. The first kappa shape index (κ1) is 15.3. The van der Waals surface area contributed by atoms with Crippen LogP contribution >= 0.6 is 11.8 Å². The first-order chi connectivity index (χ1) is 8.13. The van der Waals surface area contributed by atoms with Crippen LogP contribution in [0.2, 0.25) is 0 Å². The molecule has 1 heterocycles. The highest BCUT2D eigenvalue weighted by Crippen LogP contribution is 2.14. The van der Waals surface area contributed by atoms with E-state index in [2.05, 4.69) is 49.7 Å². The molecule has 0 radical (unpaired) electrons. The van der Waals surface area contributed by atoms with Gasteiger partial charge >= 0.3 is 0 Å². The summed E-state index contributed by atoms with van der Waals surface area (Å²) in [6.07, 6.45) is 2.66. The largest absolute Gasteiger partial charge is 0.311 e. The van der Waals surface area contributed by atoms with Crippen LogP contribution in [0.5, 0.6) is 0 Å². The van der Waals surface area contributed by atoms with Crippen molar-refractivity contribution in [3.63, 3.8) is 0 Å². The van der Waals surface area contributed by atoms with Gasteiger partial charge in [-0.2, -0.15) is 11.8 Å². The minimum Gasteiger partial charge on any atom is -0.311 e. The van der Waals surface area contributed by atoms with Crippen LogP contribution in [0.3, 0.4) is 0 Å². The van der Waals surface area contributed by atoms with Gasteiger partial charge in [0.25, 0.3) is 0 Å². The highest BCUT2D eigenvalue weighted by molar-refractivity contribution is 7.99. The number of rotatable bonds is 7. The maximum absolute atomic E-state index is 3.68.